The summed E-state index contributed by atoms with van der Waals surface area (Å²) in [5.74, 6) is 0. The maximum atomic E-state index is 6.07. The maximum Gasteiger partial charge on any atom is 0.0939 e. The fourth-order valence-corrected chi connectivity index (χ4v) is 3.13. The molecule has 0 aliphatic heterocycles. The van der Waals surface area contributed by atoms with Crippen LogP contribution < -0.4 is 5.73 Å². The quantitative estimate of drug-likeness (QED) is 0.781. The van der Waals surface area contributed by atoms with Gasteiger partial charge in [-0.2, -0.15) is 0 Å². The molecule has 84 valence electrons. The zero-order chi connectivity index (χ0) is 11.9. The second kappa shape index (κ2) is 3.95. The fraction of sp³-hybridized carbons (Fsp3) is 0.286. The summed E-state index contributed by atoms with van der Waals surface area (Å²) in [6, 6.07) is 6.62. The highest BCUT2D eigenvalue weighted by molar-refractivity contribution is 7.16. The van der Waals surface area contributed by atoms with Crippen LogP contribution in [-0.4, -0.2) is 0 Å². The van der Waals surface area contributed by atoms with Gasteiger partial charge in [0.2, 0.25) is 0 Å². The second-order valence-electron chi connectivity index (χ2n) is 4.41. The van der Waals surface area contributed by atoms with Gasteiger partial charge in [0.05, 0.1) is 5.00 Å². The summed E-state index contributed by atoms with van der Waals surface area (Å²) >= 11 is 1.66. The fourth-order valence-electron chi connectivity index (χ4n) is 2.33. The number of aryl methyl sites for hydroxylation is 4. The molecule has 2 heteroatoms. The Labute approximate surface area is 101 Å². The van der Waals surface area contributed by atoms with Crippen LogP contribution >= 0.6 is 11.3 Å². The topological polar surface area (TPSA) is 26.0 Å². The lowest BCUT2D eigenvalue weighted by atomic mass is 9.95. The minimum atomic E-state index is 0.924. The van der Waals surface area contributed by atoms with Crippen LogP contribution in [0.2, 0.25) is 0 Å². The SMILES string of the molecule is Cc1cc(C)c(-c2cc(C)sc2N)c(C)c1. The largest absolute Gasteiger partial charge is 0.390 e. The zero-order valence-corrected chi connectivity index (χ0v) is 11.0. The molecule has 0 bridgehead atoms. The lowest BCUT2D eigenvalue weighted by Crippen LogP contribution is -1.91. The molecule has 0 spiro atoms. The van der Waals surface area contributed by atoms with E-state index < -0.39 is 0 Å². The summed E-state index contributed by atoms with van der Waals surface area (Å²) in [5, 5.41) is 0.924. The third-order valence-corrected chi connectivity index (χ3v) is 3.71. The molecule has 2 aromatic rings. The first-order chi connectivity index (χ1) is 7.49. The van der Waals surface area contributed by atoms with Crippen LogP contribution in [0.25, 0.3) is 11.1 Å². The van der Waals surface area contributed by atoms with Crippen LogP contribution in [0.4, 0.5) is 5.00 Å². The molecule has 0 fully saturated rings. The average molecular weight is 231 g/mol. The second-order valence-corrected chi connectivity index (χ2v) is 5.70. The molecule has 2 N–H and O–H groups in total. The van der Waals surface area contributed by atoms with Crippen LogP contribution in [0, 0.1) is 27.7 Å². The third-order valence-electron chi connectivity index (χ3n) is 2.83. The Bertz CT molecular complexity index is 515. The van der Waals surface area contributed by atoms with E-state index in [4.69, 9.17) is 5.73 Å². The van der Waals surface area contributed by atoms with Gasteiger partial charge < -0.3 is 5.73 Å². The van der Waals surface area contributed by atoms with E-state index in [9.17, 15) is 0 Å². The Morgan fingerprint density at radius 1 is 0.938 bits per heavy atom. The molecule has 1 heterocycles. The van der Waals surface area contributed by atoms with Gasteiger partial charge >= 0.3 is 0 Å². The van der Waals surface area contributed by atoms with Gasteiger partial charge in [0.1, 0.15) is 0 Å². The van der Waals surface area contributed by atoms with Crippen LogP contribution in [0.5, 0.6) is 0 Å². The molecule has 0 saturated heterocycles. The van der Waals surface area contributed by atoms with Crippen molar-refractivity contribution in [3.8, 4) is 11.1 Å². The Morgan fingerprint density at radius 2 is 1.50 bits per heavy atom. The van der Waals surface area contributed by atoms with Crippen LogP contribution in [0.1, 0.15) is 21.6 Å². The zero-order valence-electron chi connectivity index (χ0n) is 10.2. The number of hydrogen-bond donors (Lipinski definition) is 1. The molecule has 0 atom stereocenters. The smallest absolute Gasteiger partial charge is 0.0939 e. The van der Waals surface area contributed by atoms with E-state index in [-0.39, 0.29) is 0 Å². The van der Waals surface area contributed by atoms with Gasteiger partial charge in [-0.25, -0.2) is 0 Å². The number of benzene rings is 1. The summed E-state index contributed by atoms with van der Waals surface area (Å²) in [6.45, 7) is 8.54. The van der Waals surface area contributed by atoms with E-state index >= 15 is 0 Å². The van der Waals surface area contributed by atoms with Crippen LogP contribution in [0.3, 0.4) is 0 Å². The van der Waals surface area contributed by atoms with Crippen molar-refractivity contribution in [1.29, 1.82) is 0 Å². The van der Waals surface area contributed by atoms with Crippen molar-refractivity contribution in [1.82, 2.24) is 0 Å². The Hall–Kier alpha value is -1.28. The van der Waals surface area contributed by atoms with E-state index in [1.54, 1.807) is 11.3 Å². The van der Waals surface area contributed by atoms with E-state index in [1.807, 2.05) is 0 Å². The molecule has 0 unspecified atom stereocenters. The summed E-state index contributed by atoms with van der Waals surface area (Å²) < 4.78 is 0. The van der Waals surface area contributed by atoms with E-state index in [0.717, 1.165) is 5.00 Å². The van der Waals surface area contributed by atoms with Crippen molar-refractivity contribution in [2.75, 3.05) is 5.73 Å². The maximum absolute atomic E-state index is 6.07. The summed E-state index contributed by atoms with van der Waals surface area (Å²) in [4.78, 5) is 1.27. The molecule has 1 aromatic carbocycles. The van der Waals surface area contributed by atoms with Crippen molar-refractivity contribution in [2.24, 2.45) is 0 Å². The van der Waals surface area contributed by atoms with Gasteiger partial charge in [-0.15, -0.1) is 11.3 Å². The molecule has 0 amide bonds. The number of thiophene rings is 1. The Kier molecular flexibility index (Phi) is 2.76. The standard InChI is InChI=1S/C14H17NS/c1-8-5-9(2)13(10(3)6-8)12-7-11(4)16-14(12)15/h5-7H,15H2,1-4H3. The van der Waals surface area contributed by atoms with E-state index in [2.05, 4.69) is 45.9 Å². The predicted octanol–water partition coefficient (Wildman–Crippen LogP) is 4.23. The highest BCUT2D eigenvalue weighted by Gasteiger charge is 2.11. The van der Waals surface area contributed by atoms with Crippen molar-refractivity contribution in [2.45, 2.75) is 27.7 Å². The Morgan fingerprint density at radius 3 is 1.94 bits per heavy atom. The summed E-state index contributed by atoms with van der Waals surface area (Å²) in [7, 11) is 0. The minimum Gasteiger partial charge on any atom is -0.390 e. The molecular formula is C14H17NS. The molecule has 2 rings (SSSR count). The van der Waals surface area contributed by atoms with Gasteiger partial charge in [-0.05, 0) is 50.5 Å². The first kappa shape index (κ1) is 11.2. The van der Waals surface area contributed by atoms with Crippen molar-refractivity contribution < 1.29 is 0 Å². The highest BCUT2D eigenvalue weighted by atomic mass is 32.1. The van der Waals surface area contributed by atoms with Gasteiger partial charge in [-0.1, -0.05) is 17.7 Å². The third kappa shape index (κ3) is 1.85. The van der Waals surface area contributed by atoms with Gasteiger partial charge in [0.15, 0.2) is 0 Å². The Balaban J connectivity index is 2.69. The van der Waals surface area contributed by atoms with Gasteiger partial charge in [0, 0.05) is 10.4 Å². The van der Waals surface area contributed by atoms with Crippen molar-refractivity contribution >= 4 is 16.3 Å². The molecular weight excluding hydrogens is 214 g/mol. The number of nitrogen functional groups attached to an aromatic ring is 1. The van der Waals surface area contributed by atoms with Gasteiger partial charge in [0.25, 0.3) is 0 Å². The molecule has 0 aliphatic rings. The van der Waals surface area contributed by atoms with Crippen LogP contribution in [0.15, 0.2) is 18.2 Å². The molecule has 0 aliphatic carbocycles. The summed E-state index contributed by atoms with van der Waals surface area (Å²) in [6.07, 6.45) is 0. The molecule has 1 nitrogen and oxygen atoms in total. The number of hydrogen-bond acceptors (Lipinski definition) is 2. The molecule has 0 radical (unpaired) electrons. The number of rotatable bonds is 1. The van der Waals surface area contributed by atoms with Crippen molar-refractivity contribution in [3.05, 3.63) is 39.8 Å². The van der Waals surface area contributed by atoms with Crippen LogP contribution in [-0.2, 0) is 0 Å². The monoisotopic (exact) mass is 231 g/mol. The lowest BCUT2D eigenvalue weighted by molar-refractivity contribution is 1.32. The number of nitrogens with two attached hydrogens (primary N) is 1. The van der Waals surface area contributed by atoms with Gasteiger partial charge in [-0.3, -0.25) is 0 Å². The minimum absolute atomic E-state index is 0.924. The normalized spacial score (nSPS) is 10.8. The first-order valence-electron chi connectivity index (χ1n) is 5.43. The lowest BCUT2D eigenvalue weighted by Gasteiger charge is -2.10. The molecule has 1 aromatic heterocycles. The summed E-state index contributed by atoms with van der Waals surface area (Å²) in [5.41, 5.74) is 12.5. The van der Waals surface area contributed by atoms with E-state index in [1.165, 1.54) is 32.7 Å². The van der Waals surface area contributed by atoms with Crippen molar-refractivity contribution in [3.63, 3.8) is 0 Å². The number of anilines is 1. The predicted molar refractivity (Wildman–Crippen MR) is 73.1 cm³/mol. The first-order valence-corrected chi connectivity index (χ1v) is 6.25. The average Bonchev–Trinajstić information content (AvgIpc) is 2.43. The molecule has 16 heavy (non-hydrogen) atoms. The van der Waals surface area contributed by atoms with E-state index in [0.29, 0.717) is 0 Å². The molecule has 0 saturated carbocycles. The highest BCUT2D eigenvalue weighted by Crippen LogP contribution is 2.37.